The number of piperazine rings is 1. The van der Waals surface area contributed by atoms with Crippen molar-refractivity contribution in [1.29, 1.82) is 0 Å². The third-order valence-electron chi connectivity index (χ3n) is 5.34. The number of nitro groups is 1. The standard InChI is InChI=1S/C21H23N5O4S/c1-4-30-21(27)18-13(2)17-19(22-14(3)23-20(17)31-18)25-11-9-24(10-12-25)15-7-5-6-8-16(15)26(28)29/h5-8H,4,9-12H2,1-3H3. The zero-order chi connectivity index (χ0) is 22.1. The van der Waals surface area contributed by atoms with Gasteiger partial charge in [0.05, 0.1) is 16.9 Å². The van der Waals surface area contributed by atoms with Gasteiger partial charge in [0, 0.05) is 32.2 Å². The van der Waals surface area contributed by atoms with Crippen molar-refractivity contribution in [3.05, 3.63) is 50.6 Å². The number of ether oxygens (including phenoxy) is 1. The number of nitrogens with zero attached hydrogens (tertiary/aromatic N) is 5. The summed E-state index contributed by atoms with van der Waals surface area (Å²) in [7, 11) is 0. The summed E-state index contributed by atoms with van der Waals surface area (Å²) in [6.07, 6.45) is 0. The average molecular weight is 442 g/mol. The molecule has 1 saturated heterocycles. The van der Waals surface area contributed by atoms with Crippen LogP contribution < -0.4 is 9.80 Å². The SMILES string of the molecule is CCOC(=O)c1sc2nc(C)nc(N3CCN(c4ccccc4[N+](=O)[O-])CC3)c2c1C. The van der Waals surface area contributed by atoms with Crippen LogP contribution in [0.4, 0.5) is 17.2 Å². The predicted molar refractivity (Wildman–Crippen MR) is 120 cm³/mol. The normalized spacial score (nSPS) is 14.2. The van der Waals surface area contributed by atoms with Crippen molar-refractivity contribution in [3.63, 3.8) is 0 Å². The first-order valence-corrected chi connectivity index (χ1v) is 10.9. The van der Waals surface area contributed by atoms with Crippen LogP contribution in [-0.2, 0) is 4.74 Å². The first kappa shape index (κ1) is 21.0. The van der Waals surface area contributed by atoms with Gasteiger partial charge in [-0.2, -0.15) is 0 Å². The Morgan fingerprint density at radius 2 is 1.84 bits per heavy atom. The van der Waals surface area contributed by atoms with Gasteiger partial charge in [0.25, 0.3) is 5.69 Å². The second-order valence-corrected chi connectivity index (χ2v) is 8.27. The molecule has 0 saturated carbocycles. The second-order valence-electron chi connectivity index (χ2n) is 7.27. The molecule has 31 heavy (non-hydrogen) atoms. The summed E-state index contributed by atoms with van der Waals surface area (Å²) < 4.78 is 5.20. The molecule has 0 N–H and O–H groups in total. The number of hydrogen-bond acceptors (Lipinski definition) is 9. The smallest absolute Gasteiger partial charge is 0.348 e. The van der Waals surface area contributed by atoms with Crippen LogP contribution >= 0.6 is 11.3 Å². The lowest BCUT2D eigenvalue weighted by Gasteiger charge is -2.36. The summed E-state index contributed by atoms with van der Waals surface area (Å²) in [5.41, 5.74) is 1.58. The molecule has 3 aromatic rings. The van der Waals surface area contributed by atoms with E-state index >= 15 is 0 Å². The summed E-state index contributed by atoms with van der Waals surface area (Å²) in [6.45, 7) is 8.41. The monoisotopic (exact) mass is 441 g/mol. The number of benzene rings is 1. The number of esters is 1. The minimum Gasteiger partial charge on any atom is -0.462 e. The van der Waals surface area contributed by atoms with Gasteiger partial charge in [-0.3, -0.25) is 10.1 Å². The number of aryl methyl sites for hydroxylation is 2. The zero-order valence-electron chi connectivity index (χ0n) is 17.6. The Bertz CT molecular complexity index is 1150. The van der Waals surface area contributed by atoms with Gasteiger partial charge in [-0.15, -0.1) is 11.3 Å². The number of hydrogen-bond donors (Lipinski definition) is 0. The molecular weight excluding hydrogens is 418 g/mol. The summed E-state index contributed by atoms with van der Waals surface area (Å²) in [5, 5.41) is 12.3. The number of anilines is 2. The fraction of sp³-hybridized carbons (Fsp3) is 0.381. The van der Waals surface area contributed by atoms with E-state index in [0.29, 0.717) is 49.2 Å². The molecule has 1 aliphatic rings. The maximum atomic E-state index is 12.4. The van der Waals surface area contributed by atoms with E-state index in [0.717, 1.165) is 21.6 Å². The van der Waals surface area contributed by atoms with Gasteiger partial charge in [0.1, 0.15) is 27.0 Å². The summed E-state index contributed by atoms with van der Waals surface area (Å²) in [4.78, 5) is 38.1. The van der Waals surface area contributed by atoms with Crippen molar-refractivity contribution >= 4 is 44.7 Å². The van der Waals surface area contributed by atoms with Crippen LogP contribution in [0, 0.1) is 24.0 Å². The van der Waals surface area contributed by atoms with Crippen molar-refractivity contribution in [2.45, 2.75) is 20.8 Å². The Labute approximate surface area is 183 Å². The van der Waals surface area contributed by atoms with E-state index in [9.17, 15) is 14.9 Å². The molecular formula is C21H23N5O4S. The van der Waals surface area contributed by atoms with Gasteiger partial charge in [-0.05, 0) is 32.4 Å². The summed E-state index contributed by atoms with van der Waals surface area (Å²) in [5.74, 6) is 1.10. The molecule has 0 aliphatic carbocycles. The number of para-hydroxylation sites is 2. The van der Waals surface area contributed by atoms with Crippen LogP contribution in [0.3, 0.4) is 0 Å². The Morgan fingerprint density at radius 1 is 1.16 bits per heavy atom. The maximum Gasteiger partial charge on any atom is 0.348 e. The highest BCUT2D eigenvalue weighted by Crippen LogP contribution is 2.37. The van der Waals surface area contributed by atoms with Crippen LogP contribution in [0.1, 0.15) is 28.0 Å². The number of carbonyl (C=O) groups excluding carboxylic acids is 1. The number of thiophene rings is 1. The van der Waals surface area contributed by atoms with Gasteiger partial charge >= 0.3 is 5.97 Å². The Balaban J connectivity index is 1.64. The summed E-state index contributed by atoms with van der Waals surface area (Å²) >= 11 is 1.33. The molecule has 1 fully saturated rings. The topological polar surface area (TPSA) is 102 Å². The molecule has 1 aromatic carbocycles. The van der Waals surface area contributed by atoms with E-state index < -0.39 is 0 Å². The molecule has 3 heterocycles. The highest BCUT2D eigenvalue weighted by molar-refractivity contribution is 7.20. The molecule has 0 radical (unpaired) electrons. The van der Waals surface area contributed by atoms with Gasteiger partial charge in [-0.25, -0.2) is 14.8 Å². The Hall–Kier alpha value is -3.27. The molecule has 1 aliphatic heterocycles. The molecule has 0 bridgehead atoms. The van der Waals surface area contributed by atoms with Crippen molar-refractivity contribution in [3.8, 4) is 0 Å². The van der Waals surface area contributed by atoms with Crippen LogP contribution in [-0.4, -0.2) is 53.6 Å². The van der Waals surface area contributed by atoms with Gasteiger partial charge in [-0.1, -0.05) is 12.1 Å². The Morgan fingerprint density at radius 3 is 2.52 bits per heavy atom. The van der Waals surface area contributed by atoms with Crippen LogP contribution in [0.15, 0.2) is 24.3 Å². The fourth-order valence-corrected chi connectivity index (χ4v) is 5.00. The minimum atomic E-state index is -0.343. The molecule has 9 nitrogen and oxygen atoms in total. The lowest BCUT2D eigenvalue weighted by atomic mass is 10.1. The lowest BCUT2D eigenvalue weighted by molar-refractivity contribution is -0.384. The molecule has 162 valence electrons. The van der Waals surface area contributed by atoms with Crippen molar-refractivity contribution < 1.29 is 14.5 Å². The molecule has 10 heteroatoms. The molecule has 0 unspecified atom stereocenters. The van der Waals surface area contributed by atoms with E-state index in [-0.39, 0.29) is 16.6 Å². The quantitative estimate of drug-likeness (QED) is 0.335. The van der Waals surface area contributed by atoms with Crippen molar-refractivity contribution in [1.82, 2.24) is 9.97 Å². The zero-order valence-corrected chi connectivity index (χ0v) is 18.4. The van der Waals surface area contributed by atoms with Gasteiger partial charge < -0.3 is 14.5 Å². The van der Waals surface area contributed by atoms with E-state index in [1.54, 1.807) is 19.1 Å². The summed E-state index contributed by atoms with van der Waals surface area (Å²) in [6, 6.07) is 6.82. The van der Waals surface area contributed by atoms with E-state index in [4.69, 9.17) is 9.72 Å². The number of fused-ring (bicyclic) bond motifs is 1. The fourth-order valence-electron chi connectivity index (χ4n) is 3.89. The minimum absolute atomic E-state index is 0.115. The Kier molecular flexibility index (Phi) is 5.73. The third-order valence-corrected chi connectivity index (χ3v) is 6.51. The third kappa shape index (κ3) is 3.90. The maximum absolute atomic E-state index is 12.4. The first-order valence-electron chi connectivity index (χ1n) is 10.1. The van der Waals surface area contributed by atoms with Crippen LogP contribution in [0.25, 0.3) is 10.2 Å². The lowest BCUT2D eigenvalue weighted by Crippen LogP contribution is -2.47. The van der Waals surface area contributed by atoms with Gasteiger partial charge in [0.15, 0.2) is 0 Å². The van der Waals surface area contributed by atoms with E-state index in [2.05, 4.69) is 9.88 Å². The van der Waals surface area contributed by atoms with Gasteiger partial charge in [0.2, 0.25) is 0 Å². The molecule has 0 spiro atoms. The molecule has 4 rings (SSSR count). The largest absolute Gasteiger partial charge is 0.462 e. The van der Waals surface area contributed by atoms with Crippen molar-refractivity contribution in [2.24, 2.45) is 0 Å². The van der Waals surface area contributed by atoms with E-state index in [1.807, 2.05) is 24.8 Å². The number of carbonyl (C=O) groups is 1. The highest BCUT2D eigenvalue weighted by atomic mass is 32.1. The predicted octanol–water partition coefficient (Wildman–Crippen LogP) is 3.72. The first-order chi connectivity index (χ1) is 14.9. The molecule has 0 atom stereocenters. The second kappa shape index (κ2) is 8.46. The van der Waals surface area contributed by atoms with E-state index in [1.165, 1.54) is 17.4 Å². The molecule has 2 aromatic heterocycles. The molecule has 0 amide bonds. The van der Waals surface area contributed by atoms with Crippen LogP contribution in [0.2, 0.25) is 0 Å². The van der Waals surface area contributed by atoms with Crippen LogP contribution in [0.5, 0.6) is 0 Å². The highest BCUT2D eigenvalue weighted by Gasteiger charge is 2.27. The number of aromatic nitrogens is 2. The number of nitro benzene ring substituents is 1. The average Bonchev–Trinajstić information content (AvgIpc) is 3.09. The number of rotatable bonds is 5. The van der Waals surface area contributed by atoms with Crippen molar-refractivity contribution in [2.75, 3.05) is 42.6 Å².